The van der Waals surface area contributed by atoms with Crippen LogP contribution in [0.4, 0.5) is 10.1 Å². The van der Waals surface area contributed by atoms with Crippen molar-refractivity contribution in [2.45, 2.75) is 57.1 Å². The Morgan fingerprint density at radius 1 is 1.09 bits per heavy atom. The standard InChI is InChI=1S/C19H29FN2O/c20-16-6-8-18(9-7-16)22-13-10-17(11-14-22)21-12-2-1-4-19-5-3-15-23-19/h6-9,17,19,21H,1-5,10-15H2. The molecule has 1 N–H and O–H groups in total. The number of nitrogens with zero attached hydrogens (tertiary/aromatic N) is 1. The number of ether oxygens (including phenoxy) is 1. The third-order valence-electron chi connectivity index (χ3n) is 5.10. The van der Waals surface area contributed by atoms with Crippen molar-refractivity contribution in [1.29, 1.82) is 0 Å². The first-order valence-corrected chi connectivity index (χ1v) is 9.17. The van der Waals surface area contributed by atoms with Gasteiger partial charge in [-0.1, -0.05) is 0 Å². The number of rotatable bonds is 7. The van der Waals surface area contributed by atoms with Gasteiger partial charge in [0.2, 0.25) is 0 Å². The molecule has 0 aromatic heterocycles. The molecule has 128 valence electrons. The van der Waals surface area contributed by atoms with E-state index in [1.807, 2.05) is 12.1 Å². The summed E-state index contributed by atoms with van der Waals surface area (Å²) in [5.41, 5.74) is 1.14. The lowest BCUT2D eigenvalue weighted by Gasteiger charge is -2.34. The molecule has 2 saturated heterocycles. The van der Waals surface area contributed by atoms with Crippen LogP contribution in [-0.2, 0) is 4.74 Å². The van der Waals surface area contributed by atoms with Crippen LogP contribution in [0.5, 0.6) is 0 Å². The quantitative estimate of drug-likeness (QED) is 0.775. The Hall–Kier alpha value is -1.13. The molecule has 1 aromatic rings. The second-order valence-corrected chi connectivity index (χ2v) is 6.82. The zero-order chi connectivity index (χ0) is 15.9. The summed E-state index contributed by atoms with van der Waals surface area (Å²) < 4.78 is 18.6. The third kappa shape index (κ3) is 5.18. The molecule has 0 amide bonds. The zero-order valence-electron chi connectivity index (χ0n) is 14.0. The normalized spacial score (nSPS) is 22.7. The fourth-order valence-electron chi connectivity index (χ4n) is 3.67. The monoisotopic (exact) mass is 320 g/mol. The number of hydrogen-bond acceptors (Lipinski definition) is 3. The molecule has 0 bridgehead atoms. The van der Waals surface area contributed by atoms with Gasteiger partial charge in [-0.3, -0.25) is 0 Å². The van der Waals surface area contributed by atoms with E-state index in [2.05, 4.69) is 10.2 Å². The van der Waals surface area contributed by atoms with Crippen molar-refractivity contribution in [3.05, 3.63) is 30.1 Å². The number of anilines is 1. The van der Waals surface area contributed by atoms with Crippen LogP contribution < -0.4 is 10.2 Å². The molecule has 4 heteroatoms. The maximum atomic E-state index is 13.0. The van der Waals surface area contributed by atoms with Crippen molar-refractivity contribution in [3.8, 4) is 0 Å². The molecule has 23 heavy (non-hydrogen) atoms. The average Bonchev–Trinajstić information content (AvgIpc) is 3.09. The number of unbranched alkanes of at least 4 members (excludes halogenated alkanes) is 1. The molecular weight excluding hydrogens is 291 g/mol. The summed E-state index contributed by atoms with van der Waals surface area (Å²) in [6, 6.07) is 7.50. The third-order valence-corrected chi connectivity index (χ3v) is 5.10. The van der Waals surface area contributed by atoms with Gasteiger partial charge in [0.15, 0.2) is 0 Å². The Kier molecular flexibility index (Phi) is 6.29. The van der Waals surface area contributed by atoms with Gasteiger partial charge in [0.25, 0.3) is 0 Å². The minimum atomic E-state index is -0.159. The van der Waals surface area contributed by atoms with Gasteiger partial charge in [0.1, 0.15) is 5.82 Å². The second kappa shape index (κ2) is 8.65. The first-order chi connectivity index (χ1) is 11.3. The summed E-state index contributed by atoms with van der Waals surface area (Å²) in [5, 5.41) is 3.70. The van der Waals surface area contributed by atoms with Gasteiger partial charge in [0.05, 0.1) is 6.10 Å². The van der Waals surface area contributed by atoms with E-state index in [9.17, 15) is 4.39 Å². The van der Waals surface area contributed by atoms with Crippen LogP contribution in [0.2, 0.25) is 0 Å². The van der Waals surface area contributed by atoms with Crippen molar-refractivity contribution in [1.82, 2.24) is 5.32 Å². The minimum absolute atomic E-state index is 0.159. The Labute approximate surface area is 139 Å². The number of halogens is 1. The molecule has 1 unspecified atom stereocenters. The second-order valence-electron chi connectivity index (χ2n) is 6.82. The maximum Gasteiger partial charge on any atom is 0.123 e. The van der Waals surface area contributed by atoms with E-state index in [-0.39, 0.29) is 5.82 Å². The molecule has 0 spiro atoms. The first kappa shape index (κ1) is 16.7. The number of piperidine rings is 1. The van der Waals surface area contributed by atoms with Crippen LogP contribution in [0, 0.1) is 5.82 Å². The van der Waals surface area contributed by atoms with Crippen molar-refractivity contribution in [2.24, 2.45) is 0 Å². The summed E-state index contributed by atoms with van der Waals surface area (Å²) in [6.45, 7) is 4.20. The summed E-state index contributed by atoms with van der Waals surface area (Å²) in [6.07, 6.45) is 9.13. The van der Waals surface area contributed by atoms with Gasteiger partial charge in [-0.15, -0.1) is 0 Å². The van der Waals surface area contributed by atoms with Gasteiger partial charge in [-0.25, -0.2) is 4.39 Å². The van der Waals surface area contributed by atoms with Crippen LogP contribution in [0.1, 0.15) is 44.9 Å². The van der Waals surface area contributed by atoms with Gasteiger partial charge < -0.3 is 15.0 Å². The van der Waals surface area contributed by atoms with Gasteiger partial charge in [-0.05, 0) is 75.8 Å². The molecule has 2 fully saturated rings. The topological polar surface area (TPSA) is 24.5 Å². The van der Waals surface area contributed by atoms with Crippen molar-refractivity contribution < 1.29 is 9.13 Å². The molecular formula is C19H29FN2O. The highest BCUT2D eigenvalue weighted by molar-refractivity contribution is 5.46. The molecule has 1 atom stereocenters. The summed E-state index contributed by atoms with van der Waals surface area (Å²) in [4.78, 5) is 2.36. The highest BCUT2D eigenvalue weighted by Crippen LogP contribution is 2.21. The van der Waals surface area contributed by atoms with Crippen molar-refractivity contribution in [3.63, 3.8) is 0 Å². The largest absolute Gasteiger partial charge is 0.378 e. The maximum absolute atomic E-state index is 13.0. The van der Waals surface area contributed by atoms with Crippen LogP contribution in [-0.4, -0.2) is 38.4 Å². The lowest BCUT2D eigenvalue weighted by atomic mass is 10.0. The first-order valence-electron chi connectivity index (χ1n) is 9.17. The summed E-state index contributed by atoms with van der Waals surface area (Å²) >= 11 is 0. The Bertz CT molecular complexity index is 451. The zero-order valence-corrected chi connectivity index (χ0v) is 14.0. The van der Waals surface area contributed by atoms with E-state index in [4.69, 9.17) is 4.74 Å². The highest BCUT2D eigenvalue weighted by atomic mass is 19.1. The predicted molar refractivity (Wildman–Crippen MR) is 92.5 cm³/mol. The summed E-state index contributed by atoms with van der Waals surface area (Å²) in [7, 11) is 0. The van der Waals surface area contributed by atoms with Gasteiger partial charge in [-0.2, -0.15) is 0 Å². The highest BCUT2D eigenvalue weighted by Gasteiger charge is 2.19. The Balaban J connectivity index is 1.28. The molecule has 2 heterocycles. The average molecular weight is 320 g/mol. The Morgan fingerprint density at radius 3 is 2.57 bits per heavy atom. The lowest BCUT2D eigenvalue weighted by Crippen LogP contribution is -2.42. The van der Waals surface area contributed by atoms with Gasteiger partial charge >= 0.3 is 0 Å². The molecule has 1 aromatic carbocycles. The van der Waals surface area contributed by atoms with Crippen molar-refractivity contribution in [2.75, 3.05) is 31.1 Å². The van der Waals surface area contributed by atoms with E-state index >= 15 is 0 Å². The van der Waals surface area contributed by atoms with Crippen LogP contribution >= 0.6 is 0 Å². The SMILES string of the molecule is Fc1ccc(N2CCC(NCCCCC3CCCO3)CC2)cc1. The fourth-order valence-corrected chi connectivity index (χ4v) is 3.67. The lowest BCUT2D eigenvalue weighted by molar-refractivity contribution is 0.102. The fraction of sp³-hybridized carbons (Fsp3) is 0.684. The van der Waals surface area contributed by atoms with Gasteiger partial charge in [0, 0.05) is 31.4 Å². The molecule has 0 aliphatic carbocycles. The predicted octanol–water partition coefficient (Wildman–Crippen LogP) is 3.73. The number of nitrogens with one attached hydrogen (secondary N) is 1. The smallest absolute Gasteiger partial charge is 0.123 e. The van der Waals surface area contributed by atoms with E-state index < -0.39 is 0 Å². The van der Waals surface area contributed by atoms with Crippen LogP contribution in [0.15, 0.2) is 24.3 Å². The minimum Gasteiger partial charge on any atom is -0.378 e. The Morgan fingerprint density at radius 2 is 1.87 bits per heavy atom. The molecule has 2 aliphatic heterocycles. The molecule has 3 rings (SSSR count). The summed E-state index contributed by atoms with van der Waals surface area (Å²) in [5.74, 6) is -0.159. The van der Waals surface area contributed by atoms with E-state index in [0.717, 1.165) is 31.9 Å². The molecule has 3 nitrogen and oxygen atoms in total. The van der Waals surface area contributed by atoms with E-state index in [1.54, 1.807) is 12.1 Å². The number of benzene rings is 1. The van der Waals surface area contributed by atoms with Crippen molar-refractivity contribution >= 4 is 5.69 Å². The molecule has 0 radical (unpaired) electrons. The number of hydrogen-bond donors (Lipinski definition) is 1. The van der Waals surface area contributed by atoms with E-state index in [1.165, 1.54) is 44.9 Å². The molecule has 2 aliphatic rings. The van der Waals surface area contributed by atoms with Crippen LogP contribution in [0.25, 0.3) is 0 Å². The molecule has 0 saturated carbocycles. The van der Waals surface area contributed by atoms with Crippen LogP contribution in [0.3, 0.4) is 0 Å². The van der Waals surface area contributed by atoms with E-state index in [0.29, 0.717) is 12.1 Å².